The average molecular weight is 337 g/mol. The minimum absolute atomic E-state index is 0.121. The van der Waals surface area contributed by atoms with Crippen LogP contribution in [0.2, 0.25) is 0 Å². The molecule has 0 spiro atoms. The van der Waals surface area contributed by atoms with Gasteiger partial charge in [-0.05, 0) is 30.3 Å². The average Bonchev–Trinajstić information content (AvgIpc) is 3.30. The second-order valence-electron chi connectivity index (χ2n) is 5.98. The quantitative estimate of drug-likeness (QED) is 0.768. The fraction of sp³-hybridized carbons (Fsp3) is 0.278. The van der Waals surface area contributed by atoms with Crippen LogP contribution in [0.4, 0.5) is 0 Å². The molecule has 3 aromatic rings. The number of aromatic nitrogens is 3. The van der Waals surface area contributed by atoms with Crippen molar-refractivity contribution in [2.24, 2.45) is 0 Å². The number of hydrogen-bond donors (Lipinski definition) is 1. The van der Waals surface area contributed by atoms with Crippen LogP contribution in [-0.4, -0.2) is 32.1 Å². The van der Waals surface area contributed by atoms with Crippen molar-refractivity contribution in [3.63, 3.8) is 0 Å². The number of nitrogens with zero attached hydrogens (tertiary/aromatic N) is 4. The van der Waals surface area contributed by atoms with E-state index in [0.29, 0.717) is 18.8 Å². The Balaban J connectivity index is 1.59. The maximum absolute atomic E-state index is 13.1. The van der Waals surface area contributed by atoms with E-state index in [-0.39, 0.29) is 5.91 Å². The zero-order chi connectivity index (χ0) is 17.1. The van der Waals surface area contributed by atoms with Crippen LogP contribution in [0.15, 0.2) is 53.3 Å². The number of pyridine rings is 1. The summed E-state index contributed by atoms with van der Waals surface area (Å²) in [5.74, 6) is 0.610. The monoisotopic (exact) mass is 337 g/mol. The summed E-state index contributed by atoms with van der Waals surface area (Å²) in [6.45, 7) is 3.16. The fourth-order valence-electron chi connectivity index (χ4n) is 2.94. The van der Waals surface area contributed by atoms with E-state index in [1.165, 1.54) is 0 Å². The van der Waals surface area contributed by atoms with Gasteiger partial charge in [-0.3, -0.25) is 14.5 Å². The van der Waals surface area contributed by atoms with Crippen LogP contribution in [-0.2, 0) is 26.2 Å². The molecule has 0 fully saturated rings. The van der Waals surface area contributed by atoms with Gasteiger partial charge in [0, 0.05) is 19.3 Å². The van der Waals surface area contributed by atoms with E-state index in [2.05, 4.69) is 15.4 Å². The lowest BCUT2D eigenvalue weighted by molar-refractivity contribution is 0.0708. The molecule has 0 saturated heterocycles. The molecule has 7 nitrogen and oxygen atoms in total. The number of carbonyl (C=O) groups is 1. The molecule has 4 heterocycles. The molecule has 1 aliphatic heterocycles. The van der Waals surface area contributed by atoms with Crippen LogP contribution in [0, 0.1) is 0 Å². The molecule has 0 atom stereocenters. The first-order valence-corrected chi connectivity index (χ1v) is 8.28. The molecular weight excluding hydrogens is 318 g/mol. The van der Waals surface area contributed by atoms with Gasteiger partial charge >= 0.3 is 0 Å². The lowest BCUT2D eigenvalue weighted by atomic mass is 10.2. The van der Waals surface area contributed by atoms with Crippen LogP contribution in [0.25, 0.3) is 0 Å². The van der Waals surface area contributed by atoms with Gasteiger partial charge in [-0.25, -0.2) is 0 Å². The highest BCUT2D eigenvalue weighted by atomic mass is 16.3. The van der Waals surface area contributed by atoms with E-state index in [4.69, 9.17) is 4.42 Å². The minimum Gasteiger partial charge on any atom is -0.467 e. The van der Waals surface area contributed by atoms with Gasteiger partial charge in [0.2, 0.25) is 0 Å². The molecule has 0 unspecified atom stereocenters. The number of fused-ring (bicyclic) bond motifs is 1. The van der Waals surface area contributed by atoms with Gasteiger partial charge in [0.05, 0.1) is 37.3 Å². The Kier molecular flexibility index (Phi) is 4.30. The van der Waals surface area contributed by atoms with Crippen molar-refractivity contribution < 1.29 is 9.21 Å². The minimum atomic E-state index is -0.121. The van der Waals surface area contributed by atoms with Gasteiger partial charge in [0.25, 0.3) is 5.91 Å². The van der Waals surface area contributed by atoms with Crippen molar-refractivity contribution in [2.45, 2.75) is 26.2 Å². The normalized spacial score (nSPS) is 13.4. The zero-order valence-corrected chi connectivity index (χ0v) is 13.8. The second kappa shape index (κ2) is 6.90. The van der Waals surface area contributed by atoms with Crippen LogP contribution in [0.3, 0.4) is 0 Å². The maximum Gasteiger partial charge on any atom is 0.275 e. The molecule has 1 N–H and O–H groups in total. The molecule has 3 aromatic heterocycles. The van der Waals surface area contributed by atoms with Crippen LogP contribution >= 0.6 is 0 Å². The van der Waals surface area contributed by atoms with Gasteiger partial charge in [-0.2, -0.15) is 5.10 Å². The number of carbonyl (C=O) groups excluding carboxylic acids is 1. The Morgan fingerprint density at radius 3 is 3.00 bits per heavy atom. The van der Waals surface area contributed by atoms with Crippen molar-refractivity contribution in [1.29, 1.82) is 0 Å². The van der Waals surface area contributed by atoms with E-state index in [0.717, 1.165) is 36.8 Å². The first kappa shape index (κ1) is 15.6. The van der Waals surface area contributed by atoms with E-state index in [9.17, 15) is 4.79 Å². The molecule has 1 aliphatic rings. The highest BCUT2D eigenvalue weighted by Gasteiger charge is 2.23. The van der Waals surface area contributed by atoms with Crippen LogP contribution in [0.1, 0.15) is 27.6 Å². The molecule has 4 rings (SSSR count). The van der Waals surface area contributed by atoms with Gasteiger partial charge in [-0.15, -0.1) is 0 Å². The molecular formula is C18H19N5O2. The van der Waals surface area contributed by atoms with Gasteiger partial charge in [0.1, 0.15) is 5.76 Å². The van der Waals surface area contributed by atoms with Gasteiger partial charge in [0.15, 0.2) is 5.69 Å². The van der Waals surface area contributed by atoms with Crippen LogP contribution < -0.4 is 5.32 Å². The molecule has 25 heavy (non-hydrogen) atoms. The summed E-state index contributed by atoms with van der Waals surface area (Å²) in [5, 5.41) is 7.76. The summed E-state index contributed by atoms with van der Waals surface area (Å²) in [6.07, 6.45) is 3.34. The van der Waals surface area contributed by atoms with E-state index < -0.39 is 0 Å². The number of rotatable bonds is 5. The summed E-state index contributed by atoms with van der Waals surface area (Å²) in [6, 6.07) is 11.2. The Morgan fingerprint density at radius 1 is 1.28 bits per heavy atom. The first-order valence-electron chi connectivity index (χ1n) is 8.28. The van der Waals surface area contributed by atoms with Gasteiger partial charge in [-0.1, -0.05) is 6.07 Å². The van der Waals surface area contributed by atoms with Crippen molar-refractivity contribution in [2.75, 3.05) is 6.54 Å². The van der Waals surface area contributed by atoms with Crippen molar-refractivity contribution in [3.8, 4) is 0 Å². The third kappa shape index (κ3) is 3.46. The SMILES string of the molecule is O=C(c1cc2n(n1)CCNC2)N(Cc1ccccn1)Cc1ccco1. The Hall–Kier alpha value is -2.93. The lowest BCUT2D eigenvalue weighted by Crippen LogP contribution is -2.31. The largest absolute Gasteiger partial charge is 0.467 e. The van der Waals surface area contributed by atoms with E-state index in [1.807, 2.05) is 41.1 Å². The molecule has 0 saturated carbocycles. The number of furan rings is 1. The second-order valence-corrected chi connectivity index (χ2v) is 5.98. The maximum atomic E-state index is 13.1. The third-order valence-corrected chi connectivity index (χ3v) is 4.18. The molecule has 0 aromatic carbocycles. The topological polar surface area (TPSA) is 76.2 Å². The molecule has 0 radical (unpaired) electrons. The Labute approximate surface area is 145 Å². The predicted octanol–water partition coefficient (Wildman–Crippen LogP) is 1.82. The molecule has 0 bridgehead atoms. The molecule has 7 heteroatoms. The Bertz CT molecular complexity index is 818. The summed E-state index contributed by atoms with van der Waals surface area (Å²) < 4.78 is 7.32. The smallest absolute Gasteiger partial charge is 0.275 e. The Morgan fingerprint density at radius 2 is 2.24 bits per heavy atom. The van der Waals surface area contributed by atoms with Crippen molar-refractivity contribution >= 4 is 5.91 Å². The van der Waals surface area contributed by atoms with Crippen molar-refractivity contribution in [1.82, 2.24) is 25.0 Å². The number of amides is 1. The van der Waals surface area contributed by atoms with E-state index in [1.54, 1.807) is 17.4 Å². The van der Waals surface area contributed by atoms with Crippen LogP contribution in [0.5, 0.6) is 0 Å². The first-order chi connectivity index (χ1) is 12.3. The zero-order valence-electron chi connectivity index (χ0n) is 13.8. The fourth-order valence-corrected chi connectivity index (χ4v) is 2.94. The number of nitrogens with one attached hydrogen (secondary N) is 1. The lowest BCUT2D eigenvalue weighted by Gasteiger charge is -2.20. The predicted molar refractivity (Wildman–Crippen MR) is 90.5 cm³/mol. The highest BCUT2D eigenvalue weighted by Crippen LogP contribution is 2.15. The van der Waals surface area contributed by atoms with E-state index >= 15 is 0 Å². The summed E-state index contributed by atoms with van der Waals surface area (Å²) in [7, 11) is 0. The summed E-state index contributed by atoms with van der Waals surface area (Å²) in [5.41, 5.74) is 2.32. The standard InChI is InChI=1S/C18H19N5O2/c24-18(17-10-15-11-19-7-8-23(15)21-17)22(13-16-5-3-9-25-16)12-14-4-1-2-6-20-14/h1-6,9-10,19H,7-8,11-13H2. The summed E-state index contributed by atoms with van der Waals surface area (Å²) >= 11 is 0. The molecule has 1 amide bonds. The highest BCUT2D eigenvalue weighted by molar-refractivity contribution is 5.92. The van der Waals surface area contributed by atoms with Gasteiger partial charge < -0.3 is 14.6 Å². The number of hydrogen-bond acceptors (Lipinski definition) is 5. The molecule has 128 valence electrons. The molecule has 0 aliphatic carbocycles. The third-order valence-electron chi connectivity index (χ3n) is 4.18. The van der Waals surface area contributed by atoms with Crippen molar-refractivity contribution in [3.05, 3.63) is 71.7 Å². The summed E-state index contributed by atoms with van der Waals surface area (Å²) in [4.78, 5) is 19.1.